The van der Waals surface area contributed by atoms with Gasteiger partial charge in [-0.25, -0.2) is 13.2 Å². The van der Waals surface area contributed by atoms with Crippen LogP contribution in [0.5, 0.6) is 0 Å². The van der Waals surface area contributed by atoms with Gasteiger partial charge in [0.25, 0.3) is 0 Å². The summed E-state index contributed by atoms with van der Waals surface area (Å²) < 4.78 is 68.4. The van der Waals surface area contributed by atoms with E-state index in [0.29, 0.717) is 17.5 Å². The molecule has 7 nitrogen and oxygen atoms in total. The molecule has 1 aliphatic carbocycles. The molecule has 1 heterocycles. The highest BCUT2D eigenvalue weighted by Crippen LogP contribution is 2.40. The van der Waals surface area contributed by atoms with Gasteiger partial charge >= 0.3 is 12.3 Å². The van der Waals surface area contributed by atoms with Gasteiger partial charge in [-0.3, -0.25) is 4.79 Å². The highest BCUT2D eigenvalue weighted by Gasteiger charge is 2.55. The zero-order valence-corrected chi connectivity index (χ0v) is 19.9. The third-order valence-corrected chi connectivity index (χ3v) is 8.09. The summed E-state index contributed by atoms with van der Waals surface area (Å²) in [6.45, 7) is 5.20. The normalized spacial score (nSPS) is 23.7. The molecule has 1 unspecified atom stereocenters. The van der Waals surface area contributed by atoms with Gasteiger partial charge in [0.2, 0.25) is 5.91 Å². The summed E-state index contributed by atoms with van der Waals surface area (Å²) in [6, 6.07) is 2.86. The van der Waals surface area contributed by atoms with E-state index in [1.54, 1.807) is 20.8 Å². The Labute approximate surface area is 191 Å². The first-order chi connectivity index (χ1) is 15.0. The highest BCUT2D eigenvalue weighted by molar-refractivity contribution is 7.92. The zero-order chi connectivity index (χ0) is 24.8. The van der Waals surface area contributed by atoms with Crippen LogP contribution in [0, 0.1) is 0 Å². The number of ether oxygens (including phenoxy) is 1. The van der Waals surface area contributed by atoms with Crippen LogP contribution in [-0.4, -0.2) is 54.5 Å². The van der Waals surface area contributed by atoms with E-state index in [2.05, 4.69) is 5.32 Å². The number of carbonyl (C=O) groups is 2. The Hall–Kier alpha value is -2.30. The summed E-state index contributed by atoms with van der Waals surface area (Å²) in [5.41, 5.74) is -0.482. The van der Waals surface area contributed by atoms with E-state index in [1.165, 1.54) is 11.0 Å². The van der Waals surface area contributed by atoms with Gasteiger partial charge in [-0.05, 0) is 69.7 Å². The molecule has 1 aromatic rings. The van der Waals surface area contributed by atoms with E-state index in [1.807, 2.05) is 0 Å². The molecule has 0 spiro atoms. The molecular formula is C22H29F3N2O5S. The summed E-state index contributed by atoms with van der Waals surface area (Å²) in [5.74, 6) is -0.637. The minimum atomic E-state index is -4.51. The van der Waals surface area contributed by atoms with E-state index < -0.39 is 50.0 Å². The fourth-order valence-electron chi connectivity index (χ4n) is 4.49. The van der Waals surface area contributed by atoms with Crippen LogP contribution in [-0.2, 0) is 38.5 Å². The number of hydrogen-bond acceptors (Lipinski definition) is 5. The molecule has 11 heteroatoms. The quantitative estimate of drug-likeness (QED) is 0.701. The van der Waals surface area contributed by atoms with Gasteiger partial charge in [0, 0.05) is 25.4 Å². The van der Waals surface area contributed by atoms with Crippen LogP contribution in [0.4, 0.5) is 18.0 Å². The van der Waals surface area contributed by atoms with Crippen molar-refractivity contribution in [1.29, 1.82) is 0 Å². The first-order valence-electron chi connectivity index (χ1n) is 10.7. The number of nitrogens with zero attached hydrogens (tertiary/aromatic N) is 1. The Bertz CT molecular complexity index is 1050. The predicted molar refractivity (Wildman–Crippen MR) is 115 cm³/mol. The van der Waals surface area contributed by atoms with E-state index in [-0.39, 0.29) is 32.4 Å². The van der Waals surface area contributed by atoms with Crippen molar-refractivity contribution in [3.63, 3.8) is 0 Å². The Morgan fingerprint density at radius 1 is 1.18 bits per heavy atom. The van der Waals surface area contributed by atoms with Crippen LogP contribution in [0.2, 0.25) is 0 Å². The fourth-order valence-corrected chi connectivity index (χ4v) is 5.93. The summed E-state index contributed by atoms with van der Waals surface area (Å²) in [4.78, 5) is 26.9. The summed E-state index contributed by atoms with van der Waals surface area (Å²) >= 11 is 0. The Kier molecular flexibility index (Phi) is 6.51. The largest absolute Gasteiger partial charge is 0.444 e. The molecule has 2 amide bonds. The second-order valence-electron chi connectivity index (χ2n) is 9.81. The molecule has 1 aromatic carbocycles. The van der Waals surface area contributed by atoms with Gasteiger partial charge in [0.15, 0.2) is 14.6 Å². The molecule has 0 saturated heterocycles. The number of alkyl carbamates (subject to hydrolysis) is 1. The molecule has 2 aliphatic rings. The number of nitrogens with one attached hydrogen (secondary N) is 1. The number of sulfone groups is 1. The number of halogens is 3. The smallest absolute Gasteiger partial charge is 0.416 e. The van der Waals surface area contributed by atoms with Crippen LogP contribution < -0.4 is 5.32 Å². The molecule has 0 bridgehead atoms. The molecule has 2 atom stereocenters. The van der Waals surface area contributed by atoms with Gasteiger partial charge in [0.05, 0.1) is 5.56 Å². The van der Waals surface area contributed by atoms with Crippen LogP contribution in [0.25, 0.3) is 0 Å². The molecule has 0 aromatic heterocycles. The Balaban J connectivity index is 1.81. The monoisotopic (exact) mass is 490 g/mol. The number of rotatable bonds is 3. The van der Waals surface area contributed by atoms with E-state index in [0.717, 1.165) is 18.4 Å². The number of fused-ring (bicyclic) bond motifs is 1. The number of amides is 2. The van der Waals surface area contributed by atoms with Crippen LogP contribution in [0.15, 0.2) is 18.2 Å². The maximum atomic E-state index is 13.5. The molecular weight excluding hydrogens is 461 g/mol. The average Bonchev–Trinajstić information content (AvgIpc) is 3.09. The van der Waals surface area contributed by atoms with Gasteiger partial charge in [-0.15, -0.1) is 0 Å². The molecule has 184 valence electrons. The number of hydrogen-bond donors (Lipinski definition) is 1. The first kappa shape index (κ1) is 25.3. The zero-order valence-electron chi connectivity index (χ0n) is 19.1. The minimum Gasteiger partial charge on any atom is -0.444 e. The maximum Gasteiger partial charge on any atom is 0.416 e. The molecule has 1 saturated carbocycles. The maximum absolute atomic E-state index is 13.5. The third-order valence-electron chi connectivity index (χ3n) is 6.13. The Morgan fingerprint density at radius 3 is 2.42 bits per heavy atom. The van der Waals surface area contributed by atoms with Gasteiger partial charge < -0.3 is 15.0 Å². The minimum absolute atomic E-state index is 0.0110. The van der Waals surface area contributed by atoms with Crippen LogP contribution in [0.3, 0.4) is 0 Å². The lowest BCUT2D eigenvalue weighted by Crippen LogP contribution is -2.54. The van der Waals surface area contributed by atoms with Crippen molar-refractivity contribution < 1.29 is 35.9 Å². The van der Waals surface area contributed by atoms with Crippen molar-refractivity contribution in [3.05, 3.63) is 34.9 Å². The highest BCUT2D eigenvalue weighted by atomic mass is 32.2. The van der Waals surface area contributed by atoms with Crippen LogP contribution in [0.1, 0.15) is 56.7 Å². The summed E-state index contributed by atoms with van der Waals surface area (Å²) in [5, 5.41) is 2.64. The summed E-state index contributed by atoms with van der Waals surface area (Å²) in [6.07, 6.45) is -3.73. The predicted octanol–water partition coefficient (Wildman–Crippen LogP) is 3.45. The lowest BCUT2D eigenvalue weighted by Gasteiger charge is -2.36. The lowest BCUT2D eigenvalue weighted by atomic mass is 9.95. The van der Waals surface area contributed by atoms with Gasteiger partial charge in [0.1, 0.15) is 5.60 Å². The average molecular weight is 491 g/mol. The van der Waals surface area contributed by atoms with Crippen molar-refractivity contribution in [2.24, 2.45) is 0 Å². The molecule has 0 radical (unpaired) electrons. The Morgan fingerprint density at radius 2 is 1.85 bits per heavy atom. The van der Waals surface area contributed by atoms with Crippen LogP contribution >= 0.6 is 0 Å². The molecule has 1 N–H and O–H groups in total. The fraction of sp³-hybridized carbons (Fsp3) is 0.636. The molecule has 1 fully saturated rings. The van der Waals surface area contributed by atoms with Gasteiger partial charge in [-0.1, -0.05) is 6.07 Å². The van der Waals surface area contributed by atoms with E-state index in [4.69, 9.17) is 4.74 Å². The van der Waals surface area contributed by atoms with Gasteiger partial charge in [-0.2, -0.15) is 13.2 Å². The second kappa shape index (κ2) is 8.48. The van der Waals surface area contributed by atoms with Crippen molar-refractivity contribution in [2.75, 3.05) is 12.8 Å². The lowest BCUT2D eigenvalue weighted by molar-refractivity contribution is -0.137. The van der Waals surface area contributed by atoms with Crippen molar-refractivity contribution in [3.8, 4) is 0 Å². The molecule has 3 rings (SSSR count). The topological polar surface area (TPSA) is 92.8 Å². The number of carbonyl (C=O) groups excluding carboxylic acids is 2. The third kappa shape index (κ3) is 5.44. The summed E-state index contributed by atoms with van der Waals surface area (Å²) in [7, 11) is -3.89. The number of benzene rings is 1. The number of alkyl halides is 3. The second-order valence-corrected chi connectivity index (χ2v) is 12.1. The molecule has 1 aliphatic heterocycles. The van der Waals surface area contributed by atoms with Crippen molar-refractivity contribution >= 4 is 21.8 Å². The van der Waals surface area contributed by atoms with Crippen molar-refractivity contribution in [1.82, 2.24) is 10.2 Å². The first-order valence-corrected chi connectivity index (χ1v) is 12.6. The van der Waals surface area contributed by atoms with Crippen molar-refractivity contribution in [2.45, 2.75) is 75.6 Å². The SMILES string of the molecule is CC(C)(C)OC(=O)N[C@@H]1CCC(C(=O)N2CCc3ccc(C(F)(F)F)cc3C2)(S(C)(=O)=O)C1. The van der Waals surface area contributed by atoms with E-state index >= 15 is 0 Å². The molecule has 33 heavy (non-hydrogen) atoms. The van der Waals surface area contributed by atoms with E-state index in [9.17, 15) is 31.2 Å². The standard InChI is InChI=1S/C22H29F3N2O5S/c1-20(2,3)32-19(29)26-17-7-9-21(12-17,33(4,30)31)18(28)27-10-8-14-5-6-16(22(23,24)25)11-15(14)13-27/h5-6,11,17H,7-10,12-13H2,1-4H3,(H,26,29)/t17-,21?/m1/s1.